The largest absolute Gasteiger partial charge is 0.355 e. The maximum Gasteiger partial charge on any atom is 0.0464 e. The number of rotatable bonds is 3. The SMILES string of the molecule is C=Cc1c(C)cccc1Nc1cccc2ccccc12. The van der Waals surface area contributed by atoms with Crippen LogP contribution in [0.1, 0.15) is 11.1 Å². The average molecular weight is 259 g/mol. The smallest absolute Gasteiger partial charge is 0.0464 e. The molecule has 98 valence electrons. The summed E-state index contributed by atoms with van der Waals surface area (Å²) in [7, 11) is 0. The molecule has 20 heavy (non-hydrogen) atoms. The van der Waals surface area contributed by atoms with E-state index in [4.69, 9.17) is 0 Å². The van der Waals surface area contributed by atoms with Crippen molar-refractivity contribution >= 4 is 28.2 Å². The molecule has 0 spiro atoms. The highest BCUT2D eigenvalue weighted by atomic mass is 14.9. The van der Waals surface area contributed by atoms with Crippen LogP contribution in [0.15, 0.2) is 67.2 Å². The van der Waals surface area contributed by atoms with Crippen LogP contribution in [-0.4, -0.2) is 0 Å². The van der Waals surface area contributed by atoms with Crippen molar-refractivity contribution in [3.63, 3.8) is 0 Å². The highest BCUT2D eigenvalue weighted by Crippen LogP contribution is 2.29. The number of anilines is 2. The Balaban J connectivity index is 2.10. The second-order valence-corrected chi connectivity index (χ2v) is 4.89. The first-order valence-corrected chi connectivity index (χ1v) is 6.76. The van der Waals surface area contributed by atoms with E-state index in [0.29, 0.717) is 0 Å². The number of hydrogen-bond acceptors (Lipinski definition) is 1. The Kier molecular flexibility index (Phi) is 3.26. The summed E-state index contributed by atoms with van der Waals surface area (Å²) in [6.45, 7) is 6.02. The van der Waals surface area contributed by atoms with Gasteiger partial charge in [0.25, 0.3) is 0 Å². The molecule has 3 aromatic rings. The van der Waals surface area contributed by atoms with Crippen LogP contribution in [0.2, 0.25) is 0 Å². The van der Waals surface area contributed by atoms with Crippen LogP contribution in [-0.2, 0) is 0 Å². The van der Waals surface area contributed by atoms with Crippen molar-refractivity contribution in [2.75, 3.05) is 5.32 Å². The number of benzene rings is 3. The molecule has 0 radical (unpaired) electrons. The summed E-state index contributed by atoms with van der Waals surface area (Å²) in [6.07, 6.45) is 1.91. The topological polar surface area (TPSA) is 12.0 Å². The van der Waals surface area contributed by atoms with E-state index >= 15 is 0 Å². The third kappa shape index (κ3) is 2.19. The van der Waals surface area contributed by atoms with Gasteiger partial charge in [0.2, 0.25) is 0 Å². The van der Waals surface area contributed by atoms with Gasteiger partial charge in [-0.3, -0.25) is 0 Å². The monoisotopic (exact) mass is 259 g/mol. The molecule has 0 fully saturated rings. The van der Waals surface area contributed by atoms with Gasteiger partial charge >= 0.3 is 0 Å². The lowest BCUT2D eigenvalue weighted by atomic mass is 10.0. The average Bonchev–Trinajstić information content (AvgIpc) is 2.48. The van der Waals surface area contributed by atoms with E-state index in [1.807, 2.05) is 6.08 Å². The summed E-state index contributed by atoms with van der Waals surface area (Å²) in [5.74, 6) is 0. The summed E-state index contributed by atoms with van der Waals surface area (Å²) in [6, 6.07) is 21.0. The third-order valence-electron chi connectivity index (χ3n) is 3.59. The quantitative estimate of drug-likeness (QED) is 0.651. The Morgan fingerprint density at radius 1 is 0.850 bits per heavy atom. The highest BCUT2D eigenvalue weighted by molar-refractivity contribution is 5.96. The van der Waals surface area contributed by atoms with Gasteiger partial charge < -0.3 is 5.32 Å². The van der Waals surface area contributed by atoms with Crippen LogP contribution in [0, 0.1) is 6.92 Å². The van der Waals surface area contributed by atoms with Crippen molar-refractivity contribution in [2.45, 2.75) is 6.92 Å². The minimum Gasteiger partial charge on any atom is -0.355 e. The fraction of sp³-hybridized carbons (Fsp3) is 0.0526. The van der Waals surface area contributed by atoms with E-state index in [0.717, 1.165) is 16.9 Å². The van der Waals surface area contributed by atoms with Gasteiger partial charge in [-0.25, -0.2) is 0 Å². The standard InChI is InChI=1S/C19H17N/c1-3-16-14(2)8-6-12-18(16)20-19-13-7-10-15-9-4-5-11-17(15)19/h3-13,20H,1H2,2H3. The first-order valence-electron chi connectivity index (χ1n) is 6.76. The molecule has 1 N–H and O–H groups in total. The van der Waals surface area contributed by atoms with Crippen LogP contribution >= 0.6 is 0 Å². The van der Waals surface area contributed by atoms with E-state index in [1.165, 1.54) is 16.3 Å². The molecular weight excluding hydrogens is 242 g/mol. The normalized spacial score (nSPS) is 10.4. The highest BCUT2D eigenvalue weighted by Gasteiger charge is 2.05. The number of hydrogen-bond donors (Lipinski definition) is 1. The Hall–Kier alpha value is -2.54. The maximum absolute atomic E-state index is 3.92. The minimum atomic E-state index is 1.09. The number of fused-ring (bicyclic) bond motifs is 1. The predicted molar refractivity (Wildman–Crippen MR) is 88.5 cm³/mol. The van der Waals surface area contributed by atoms with Gasteiger partial charge in [0.15, 0.2) is 0 Å². The molecule has 0 aliphatic carbocycles. The molecule has 0 bridgehead atoms. The van der Waals surface area contributed by atoms with Gasteiger partial charge in [0.1, 0.15) is 0 Å². The lowest BCUT2D eigenvalue weighted by Gasteiger charge is -2.13. The summed E-state index contributed by atoms with van der Waals surface area (Å²) < 4.78 is 0. The summed E-state index contributed by atoms with van der Waals surface area (Å²) >= 11 is 0. The molecule has 0 heterocycles. The molecule has 0 saturated carbocycles. The fourth-order valence-corrected chi connectivity index (χ4v) is 2.54. The van der Waals surface area contributed by atoms with Gasteiger partial charge in [-0.05, 0) is 30.0 Å². The van der Waals surface area contributed by atoms with E-state index < -0.39 is 0 Å². The van der Waals surface area contributed by atoms with Gasteiger partial charge in [0, 0.05) is 22.3 Å². The Morgan fingerprint density at radius 2 is 1.55 bits per heavy atom. The molecule has 0 amide bonds. The first-order chi connectivity index (χ1) is 9.79. The third-order valence-corrected chi connectivity index (χ3v) is 3.59. The molecule has 1 nitrogen and oxygen atoms in total. The molecule has 1 heteroatoms. The summed E-state index contributed by atoms with van der Waals surface area (Å²) in [5, 5.41) is 6.01. The Morgan fingerprint density at radius 3 is 2.40 bits per heavy atom. The van der Waals surface area contributed by atoms with Gasteiger partial charge in [-0.1, -0.05) is 61.2 Å². The Labute approximate surface area is 119 Å². The molecule has 0 saturated heterocycles. The van der Waals surface area contributed by atoms with E-state index in [2.05, 4.69) is 79.5 Å². The second kappa shape index (κ2) is 5.22. The zero-order valence-corrected chi connectivity index (χ0v) is 11.6. The lowest BCUT2D eigenvalue weighted by Crippen LogP contribution is -1.95. The van der Waals surface area contributed by atoms with Crippen molar-refractivity contribution in [3.8, 4) is 0 Å². The van der Waals surface area contributed by atoms with Crippen molar-refractivity contribution < 1.29 is 0 Å². The minimum absolute atomic E-state index is 1.09. The van der Waals surface area contributed by atoms with Crippen molar-refractivity contribution in [2.24, 2.45) is 0 Å². The second-order valence-electron chi connectivity index (χ2n) is 4.89. The summed E-state index contributed by atoms with van der Waals surface area (Å²) in [4.78, 5) is 0. The maximum atomic E-state index is 3.92. The van der Waals surface area contributed by atoms with Crippen LogP contribution in [0.4, 0.5) is 11.4 Å². The van der Waals surface area contributed by atoms with Crippen molar-refractivity contribution in [3.05, 3.63) is 78.4 Å². The van der Waals surface area contributed by atoms with Crippen LogP contribution in [0.25, 0.3) is 16.8 Å². The van der Waals surface area contributed by atoms with Crippen LogP contribution in [0.3, 0.4) is 0 Å². The molecule has 0 aliphatic heterocycles. The van der Waals surface area contributed by atoms with Gasteiger partial charge in [0.05, 0.1) is 0 Å². The molecule has 3 aromatic carbocycles. The predicted octanol–water partition coefficient (Wildman–Crippen LogP) is 5.53. The Bertz CT molecular complexity index is 766. The molecule has 3 rings (SSSR count). The van der Waals surface area contributed by atoms with E-state index in [9.17, 15) is 0 Å². The number of aryl methyl sites for hydroxylation is 1. The summed E-state index contributed by atoms with van der Waals surface area (Å²) in [5.41, 5.74) is 4.60. The fourth-order valence-electron chi connectivity index (χ4n) is 2.54. The van der Waals surface area contributed by atoms with Crippen LogP contribution in [0.5, 0.6) is 0 Å². The zero-order valence-electron chi connectivity index (χ0n) is 11.6. The molecule has 0 aliphatic rings. The molecule has 0 aromatic heterocycles. The zero-order chi connectivity index (χ0) is 13.9. The van der Waals surface area contributed by atoms with Crippen molar-refractivity contribution in [1.29, 1.82) is 0 Å². The first kappa shape index (κ1) is 12.5. The lowest BCUT2D eigenvalue weighted by molar-refractivity contribution is 1.43. The van der Waals surface area contributed by atoms with Crippen molar-refractivity contribution in [1.82, 2.24) is 0 Å². The van der Waals surface area contributed by atoms with Gasteiger partial charge in [-0.2, -0.15) is 0 Å². The molecular formula is C19H17N. The van der Waals surface area contributed by atoms with Crippen LogP contribution < -0.4 is 5.32 Å². The van der Waals surface area contributed by atoms with E-state index in [-0.39, 0.29) is 0 Å². The molecule has 0 atom stereocenters. The van der Waals surface area contributed by atoms with E-state index in [1.54, 1.807) is 0 Å². The molecule has 0 unspecified atom stereocenters. The number of nitrogens with one attached hydrogen (secondary N) is 1. The van der Waals surface area contributed by atoms with Gasteiger partial charge in [-0.15, -0.1) is 0 Å².